The lowest BCUT2D eigenvalue weighted by Crippen LogP contribution is -2.54. The van der Waals surface area contributed by atoms with E-state index in [0.29, 0.717) is 11.3 Å². The van der Waals surface area contributed by atoms with Crippen LogP contribution in [0.15, 0.2) is 48.5 Å². The Labute approximate surface area is 195 Å². The second-order valence-corrected chi connectivity index (χ2v) is 11.1. The zero-order chi connectivity index (χ0) is 25.0. The van der Waals surface area contributed by atoms with E-state index in [1.54, 1.807) is 31.2 Å². The van der Waals surface area contributed by atoms with Crippen LogP contribution in [0.25, 0.3) is 0 Å². The first-order valence-electron chi connectivity index (χ1n) is 10.6. The van der Waals surface area contributed by atoms with E-state index in [1.165, 1.54) is 29.2 Å². The number of aryl methyl sites for hydroxylation is 1. The standard InChI is InChI=1S/C24H32FN3O4S/c1-17-7-13-21(14-8-17)28(33(6,31)32)16-22(29)27(15-19-9-11-20(25)12-10-19)18(2)23(30)26-24(3,4)5/h7-14,18H,15-16H2,1-6H3,(H,26,30)/t18-/m1/s1. The number of anilines is 1. The number of carbonyl (C=O) groups excluding carboxylic acids is 2. The van der Waals surface area contributed by atoms with E-state index in [0.717, 1.165) is 16.1 Å². The molecule has 0 aliphatic carbocycles. The molecular weight excluding hydrogens is 445 g/mol. The van der Waals surface area contributed by atoms with Gasteiger partial charge in [0.2, 0.25) is 21.8 Å². The van der Waals surface area contributed by atoms with Crippen LogP contribution in [-0.4, -0.2) is 49.5 Å². The van der Waals surface area contributed by atoms with Gasteiger partial charge in [0.1, 0.15) is 18.4 Å². The molecule has 0 radical (unpaired) electrons. The number of halogens is 1. The molecule has 1 N–H and O–H groups in total. The second-order valence-electron chi connectivity index (χ2n) is 9.17. The first-order chi connectivity index (χ1) is 15.2. The van der Waals surface area contributed by atoms with Crippen molar-refractivity contribution in [3.63, 3.8) is 0 Å². The van der Waals surface area contributed by atoms with Gasteiger partial charge in [-0.25, -0.2) is 12.8 Å². The van der Waals surface area contributed by atoms with Crippen LogP contribution in [0.4, 0.5) is 10.1 Å². The zero-order valence-electron chi connectivity index (χ0n) is 19.9. The minimum absolute atomic E-state index is 0.0172. The number of hydrogen-bond acceptors (Lipinski definition) is 4. The number of carbonyl (C=O) groups is 2. The van der Waals surface area contributed by atoms with Gasteiger partial charge in [0.25, 0.3) is 0 Å². The largest absolute Gasteiger partial charge is 0.350 e. The number of nitrogens with one attached hydrogen (secondary N) is 1. The lowest BCUT2D eigenvalue weighted by atomic mass is 10.1. The quantitative estimate of drug-likeness (QED) is 0.633. The molecule has 0 saturated heterocycles. The van der Waals surface area contributed by atoms with Crippen LogP contribution in [0.3, 0.4) is 0 Å². The molecule has 0 bridgehead atoms. The van der Waals surface area contributed by atoms with Gasteiger partial charge in [-0.05, 0) is 64.4 Å². The van der Waals surface area contributed by atoms with E-state index >= 15 is 0 Å². The molecule has 9 heteroatoms. The summed E-state index contributed by atoms with van der Waals surface area (Å²) in [5, 5.41) is 2.85. The minimum Gasteiger partial charge on any atom is -0.350 e. The highest BCUT2D eigenvalue weighted by molar-refractivity contribution is 7.92. The van der Waals surface area contributed by atoms with Gasteiger partial charge in [0.15, 0.2) is 0 Å². The van der Waals surface area contributed by atoms with Crippen molar-refractivity contribution in [2.75, 3.05) is 17.1 Å². The molecule has 1 atom stereocenters. The van der Waals surface area contributed by atoms with Crippen molar-refractivity contribution in [1.82, 2.24) is 10.2 Å². The summed E-state index contributed by atoms with van der Waals surface area (Å²) in [4.78, 5) is 27.5. The highest BCUT2D eigenvalue weighted by Gasteiger charge is 2.31. The van der Waals surface area contributed by atoms with E-state index < -0.39 is 39.9 Å². The van der Waals surface area contributed by atoms with Crippen molar-refractivity contribution in [3.8, 4) is 0 Å². The number of nitrogens with zero attached hydrogens (tertiary/aromatic N) is 2. The van der Waals surface area contributed by atoms with Gasteiger partial charge in [0.05, 0.1) is 11.9 Å². The van der Waals surface area contributed by atoms with E-state index in [1.807, 2.05) is 27.7 Å². The fraction of sp³-hybridized carbons (Fsp3) is 0.417. The summed E-state index contributed by atoms with van der Waals surface area (Å²) in [6.45, 7) is 8.48. The topological polar surface area (TPSA) is 86.8 Å². The molecule has 180 valence electrons. The third kappa shape index (κ3) is 7.85. The molecule has 0 spiro atoms. The summed E-state index contributed by atoms with van der Waals surface area (Å²) in [6.07, 6.45) is 1.03. The third-order valence-electron chi connectivity index (χ3n) is 4.93. The normalized spacial score (nSPS) is 12.7. The lowest BCUT2D eigenvalue weighted by molar-refractivity contribution is -0.140. The van der Waals surface area contributed by atoms with Gasteiger partial charge in [-0.2, -0.15) is 0 Å². The highest BCUT2D eigenvalue weighted by atomic mass is 32.2. The Balaban J connectivity index is 2.38. The maximum atomic E-state index is 13.4. The number of amides is 2. The van der Waals surface area contributed by atoms with Gasteiger partial charge < -0.3 is 10.2 Å². The maximum Gasteiger partial charge on any atom is 0.244 e. The molecule has 0 unspecified atom stereocenters. The third-order valence-corrected chi connectivity index (χ3v) is 6.07. The van der Waals surface area contributed by atoms with Crippen molar-refractivity contribution in [3.05, 3.63) is 65.5 Å². The number of sulfonamides is 1. The Morgan fingerprint density at radius 1 is 1.03 bits per heavy atom. The van der Waals surface area contributed by atoms with Crippen LogP contribution >= 0.6 is 0 Å². The van der Waals surface area contributed by atoms with Crippen molar-refractivity contribution in [2.24, 2.45) is 0 Å². The second kappa shape index (κ2) is 10.3. The van der Waals surface area contributed by atoms with Crippen molar-refractivity contribution >= 4 is 27.5 Å². The van der Waals surface area contributed by atoms with Gasteiger partial charge in [-0.15, -0.1) is 0 Å². The van der Waals surface area contributed by atoms with Crippen LogP contribution in [0.1, 0.15) is 38.8 Å². The molecule has 2 rings (SSSR count). The summed E-state index contributed by atoms with van der Waals surface area (Å²) in [5.74, 6) is -1.35. The SMILES string of the molecule is Cc1ccc(N(CC(=O)N(Cc2ccc(F)cc2)[C@H](C)C(=O)NC(C)(C)C)S(C)(=O)=O)cc1. The van der Waals surface area contributed by atoms with Gasteiger partial charge >= 0.3 is 0 Å². The maximum absolute atomic E-state index is 13.4. The molecule has 0 aromatic heterocycles. The molecule has 2 aromatic rings. The van der Waals surface area contributed by atoms with Gasteiger partial charge in [0, 0.05) is 12.1 Å². The van der Waals surface area contributed by atoms with Crippen LogP contribution in [0.2, 0.25) is 0 Å². The van der Waals surface area contributed by atoms with Crippen molar-refractivity contribution < 1.29 is 22.4 Å². The first-order valence-corrected chi connectivity index (χ1v) is 12.4. The molecule has 2 amide bonds. The molecule has 0 fully saturated rings. The summed E-state index contributed by atoms with van der Waals surface area (Å²) >= 11 is 0. The molecule has 0 heterocycles. The summed E-state index contributed by atoms with van der Waals surface area (Å²) in [5.41, 5.74) is 1.40. The molecule has 0 saturated carbocycles. The Morgan fingerprint density at radius 2 is 1.58 bits per heavy atom. The van der Waals surface area contributed by atoms with E-state index in [9.17, 15) is 22.4 Å². The Morgan fingerprint density at radius 3 is 2.06 bits per heavy atom. The summed E-state index contributed by atoms with van der Waals surface area (Å²) in [6, 6.07) is 11.5. The number of benzene rings is 2. The first kappa shape index (κ1) is 26.3. The molecule has 0 aliphatic rings. The lowest BCUT2D eigenvalue weighted by Gasteiger charge is -2.33. The Kier molecular flexibility index (Phi) is 8.24. The van der Waals surface area contributed by atoms with Gasteiger partial charge in [-0.1, -0.05) is 29.8 Å². The predicted molar refractivity (Wildman–Crippen MR) is 128 cm³/mol. The van der Waals surface area contributed by atoms with Gasteiger partial charge in [-0.3, -0.25) is 13.9 Å². The average Bonchev–Trinajstić information content (AvgIpc) is 2.69. The van der Waals surface area contributed by atoms with E-state index in [2.05, 4.69) is 5.32 Å². The molecule has 7 nitrogen and oxygen atoms in total. The molecule has 0 aliphatic heterocycles. The predicted octanol–water partition coefficient (Wildman–Crippen LogP) is 3.23. The van der Waals surface area contributed by atoms with Crippen molar-refractivity contribution in [1.29, 1.82) is 0 Å². The average molecular weight is 478 g/mol. The molecular formula is C24H32FN3O4S. The van der Waals surface area contributed by atoms with Crippen molar-refractivity contribution in [2.45, 2.75) is 52.7 Å². The minimum atomic E-state index is -3.78. The smallest absolute Gasteiger partial charge is 0.244 e. The monoisotopic (exact) mass is 477 g/mol. The Bertz CT molecular complexity index is 1080. The molecule has 2 aromatic carbocycles. The van der Waals surface area contributed by atoms with Crippen LogP contribution in [-0.2, 0) is 26.2 Å². The van der Waals surface area contributed by atoms with Crippen LogP contribution in [0.5, 0.6) is 0 Å². The summed E-state index contributed by atoms with van der Waals surface area (Å²) < 4.78 is 39.4. The zero-order valence-corrected chi connectivity index (χ0v) is 20.7. The fourth-order valence-electron chi connectivity index (χ4n) is 3.17. The molecule has 33 heavy (non-hydrogen) atoms. The summed E-state index contributed by atoms with van der Waals surface area (Å²) in [7, 11) is -3.78. The highest BCUT2D eigenvalue weighted by Crippen LogP contribution is 2.20. The fourth-order valence-corrected chi connectivity index (χ4v) is 4.02. The number of hydrogen-bond donors (Lipinski definition) is 1. The Hall–Kier alpha value is -2.94. The van der Waals surface area contributed by atoms with E-state index in [-0.39, 0.29) is 12.5 Å². The van der Waals surface area contributed by atoms with Crippen LogP contribution < -0.4 is 9.62 Å². The number of rotatable bonds is 8. The van der Waals surface area contributed by atoms with E-state index in [4.69, 9.17) is 0 Å². The van der Waals surface area contributed by atoms with Crippen LogP contribution in [0, 0.1) is 12.7 Å².